The Morgan fingerprint density at radius 1 is 1.19 bits per heavy atom. The molecular formula is C23H26N4O4S. The summed E-state index contributed by atoms with van der Waals surface area (Å²) >= 11 is 1.61. The molecule has 168 valence electrons. The number of piperidine rings is 1. The smallest absolute Gasteiger partial charge is 0.335 e. The van der Waals surface area contributed by atoms with Gasteiger partial charge in [0.15, 0.2) is 5.13 Å². The summed E-state index contributed by atoms with van der Waals surface area (Å²) in [4.78, 5) is 31.1. The van der Waals surface area contributed by atoms with E-state index in [1.54, 1.807) is 47.2 Å². The molecular weight excluding hydrogens is 428 g/mol. The summed E-state index contributed by atoms with van der Waals surface area (Å²) in [5.74, 6) is -1.36. The van der Waals surface area contributed by atoms with Crippen molar-refractivity contribution in [2.75, 3.05) is 23.3 Å². The van der Waals surface area contributed by atoms with Crippen molar-refractivity contribution in [2.45, 2.75) is 38.8 Å². The Balaban J connectivity index is 1.53. The van der Waals surface area contributed by atoms with Crippen molar-refractivity contribution < 1.29 is 19.8 Å². The maximum atomic E-state index is 13.0. The van der Waals surface area contributed by atoms with Gasteiger partial charge in [-0.05, 0) is 62.1 Å². The van der Waals surface area contributed by atoms with Crippen LogP contribution in [0.2, 0.25) is 0 Å². The number of thiazole rings is 1. The number of aliphatic hydroxyl groups excluding tert-OH is 1. The van der Waals surface area contributed by atoms with E-state index in [-0.39, 0.29) is 11.5 Å². The number of hydrogen-bond donors (Lipinski definition) is 3. The second-order valence-corrected chi connectivity index (χ2v) is 8.80. The van der Waals surface area contributed by atoms with E-state index >= 15 is 0 Å². The number of rotatable bonds is 7. The number of nitrogens with zero attached hydrogens (tertiary/aromatic N) is 3. The molecule has 4 rings (SSSR count). The van der Waals surface area contributed by atoms with Crippen LogP contribution >= 0.6 is 11.3 Å². The number of carbonyl (C=O) groups is 2. The average Bonchev–Trinajstić information content (AvgIpc) is 3.42. The largest absolute Gasteiger partial charge is 0.478 e. The maximum absolute atomic E-state index is 13.0. The fourth-order valence-corrected chi connectivity index (χ4v) is 4.62. The number of carboxylic acids is 1. The highest BCUT2D eigenvalue weighted by Gasteiger charge is 2.19. The van der Waals surface area contributed by atoms with E-state index in [9.17, 15) is 14.7 Å². The molecule has 2 aromatic heterocycles. The molecule has 1 aliphatic rings. The first-order valence-corrected chi connectivity index (χ1v) is 11.5. The summed E-state index contributed by atoms with van der Waals surface area (Å²) in [6.07, 6.45) is 4.69. The van der Waals surface area contributed by atoms with E-state index in [0.29, 0.717) is 23.5 Å². The zero-order chi connectivity index (χ0) is 22.7. The second-order valence-electron chi connectivity index (χ2n) is 7.97. The standard InChI is InChI=1S/C23H26N4O4S/c1-15(28)17-11-20(21(29)24-18-7-5-16(6-8-18)22(30)31)27(12-17)13-19-14-32-23(25-19)26-9-3-2-4-10-26/h5-8,11-12,14-15,28H,2-4,9-10,13H2,1H3,(H,24,29)(H,30,31). The van der Waals surface area contributed by atoms with Crippen LogP contribution in [0.3, 0.4) is 0 Å². The molecule has 1 saturated heterocycles. The van der Waals surface area contributed by atoms with E-state index in [4.69, 9.17) is 10.1 Å². The van der Waals surface area contributed by atoms with E-state index in [1.807, 2.05) is 5.38 Å². The Morgan fingerprint density at radius 3 is 2.56 bits per heavy atom. The van der Waals surface area contributed by atoms with E-state index < -0.39 is 12.1 Å². The number of amides is 1. The highest BCUT2D eigenvalue weighted by Crippen LogP contribution is 2.26. The van der Waals surface area contributed by atoms with Crippen molar-refractivity contribution in [3.63, 3.8) is 0 Å². The van der Waals surface area contributed by atoms with Crippen molar-refractivity contribution in [1.82, 2.24) is 9.55 Å². The lowest BCUT2D eigenvalue weighted by Gasteiger charge is -2.25. The van der Waals surface area contributed by atoms with Gasteiger partial charge in [0.1, 0.15) is 5.69 Å². The van der Waals surface area contributed by atoms with Crippen LogP contribution in [-0.2, 0) is 6.54 Å². The monoisotopic (exact) mass is 454 g/mol. The highest BCUT2D eigenvalue weighted by atomic mass is 32.1. The van der Waals surface area contributed by atoms with Gasteiger partial charge in [-0.1, -0.05) is 0 Å². The van der Waals surface area contributed by atoms with Gasteiger partial charge in [-0.15, -0.1) is 11.3 Å². The van der Waals surface area contributed by atoms with Crippen LogP contribution in [0.4, 0.5) is 10.8 Å². The van der Waals surface area contributed by atoms with Crippen molar-refractivity contribution in [3.05, 3.63) is 64.4 Å². The highest BCUT2D eigenvalue weighted by molar-refractivity contribution is 7.13. The lowest BCUT2D eigenvalue weighted by atomic mass is 10.1. The second kappa shape index (κ2) is 9.54. The number of benzene rings is 1. The third-order valence-electron chi connectivity index (χ3n) is 5.52. The molecule has 8 nitrogen and oxygen atoms in total. The average molecular weight is 455 g/mol. The Labute approximate surface area is 190 Å². The third kappa shape index (κ3) is 5.00. The molecule has 0 bridgehead atoms. The van der Waals surface area contributed by atoms with Crippen LogP contribution in [0, 0.1) is 0 Å². The molecule has 1 aromatic carbocycles. The summed E-state index contributed by atoms with van der Waals surface area (Å²) in [6, 6.07) is 7.65. The quantitative estimate of drug-likeness (QED) is 0.498. The van der Waals surface area contributed by atoms with Crippen molar-refractivity contribution in [3.8, 4) is 0 Å². The SMILES string of the molecule is CC(O)c1cc(C(=O)Nc2ccc(C(=O)O)cc2)n(Cc2csc(N3CCCCC3)n2)c1. The van der Waals surface area contributed by atoms with Crippen LogP contribution in [0.5, 0.6) is 0 Å². The molecule has 3 aromatic rings. The van der Waals surface area contributed by atoms with E-state index in [1.165, 1.54) is 31.4 Å². The van der Waals surface area contributed by atoms with Gasteiger partial charge in [-0.2, -0.15) is 0 Å². The van der Waals surface area contributed by atoms with Gasteiger partial charge in [-0.25, -0.2) is 9.78 Å². The van der Waals surface area contributed by atoms with Crippen molar-refractivity contribution in [2.24, 2.45) is 0 Å². The van der Waals surface area contributed by atoms with Gasteiger partial charge in [0.25, 0.3) is 5.91 Å². The molecule has 0 saturated carbocycles. The molecule has 3 heterocycles. The predicted molar refractivity (Wildman–Crippen MR) is 124 cm³/mol. The minimum atomic E-state index is -1.02. The number of aromatic carboxylic acids is 1. The Hall–Kier alpha value is -3.17. The van der Waals surface area contributed by atoms with Crippen molar-refractivity contribution >= 4 is 34.0 Å². The fourth-order valence-electron chi connectivity index (χ4n) is 3.75. The number of anilines is 2. The molecule has 32 heavy (non-hydrogen) atoms. The molecule has 9 heteroatoms. The van der Waals surface area contributed by atoms with Gasteiger partial charge in [-0.3, -0.25) is 4.79 Å². The number of carbonyl (C=O) groups excluding carboxylic acids is 1. The number of carboxylic acid groups (broad SMARTS) is 1. The van der Waals surface area contributed by atoms with Crippen LogP contribution in [0.25, 0.3) is 0 Å². The summed E-state index contributed by atoms with van der Waals surface area (Å²) in [7, 11) is 0. The van der Waals surface area contributed by atoms with Crippen LogP contribution in [0.15, 0.2) is 41.9 Å². The molecule has 0 aliphatic carbocycles. The minimum Gasteiger partial charge on any atom is -0.478 e. The summed E-state index contributed by atoms with van der Waals surface area (Å²) in [6.45, 7) is 4.12. The topological polar surface area (TPSA) is 108 Å². The maximum Gasteiger partial charge on any atom is 0.335 e. The first-order chi connectivity index (χ1) is 15.4. The Bertz CT molecular complexity index is 1100. The zero-order valence-electron chi connectivity index (χ0n) is 17.8. The summed E-state index contributed by atoms with van der Waals surface area (Å²) < 4.78 is 1.79. The zero-order valence-corrected chi connectivity index (χ0v) is 18.6. The Morgan fingerprint density at radius 2 is 1.91 bits per heavy atom. The van der Waals surface area contributed by atoms with E-state index in [0.717, 1.165) is 23.9 Å². The Kier molecular flexibility index (Phi) is 6.57. The molecule has 0 radical (unpaired) electrons. The van der Waals surface area contributed by atoms with Crippen LogP contribution in [0.1, 0.15) is 64.4 Å². The predicted octanol–water partition coefficient (Wildman–Crippen LogP) is 3.99. The lowest BCUT2D eigenvalue weighted by Crippen LogP contribution is -2.29. The van der Waals surface area contributed by atoms with Gasteiger partial charge < -0.3 is 25.0 Å². The van der Waals surface area contributed by atoms with Gasteiger partial charge in [0.2, 0.25) is 0 Å². The first-order valence-electron chi connectivity index (χ1n) is 10.6. The molecule has 1 atom stereocenters. The van der Waals surface area contributed by atoms with Crippen LogP contribution < -0.4 is 10.2 Å². The number of hydrogen-bond acceptors (Lipinski definition) is 6. The number of nitrogens with one attached hydrogen (secondary N) is 1. The first kappa shape index (κ1) is 22.0. The third-order valence-corrected chi connectivity index (χ3v) is 6.47. The number of aliphatic hydroxyl groups is 1. The van der Waals surface area contributed by atoms with Crippen molar-refractivity contribution in [1.29, 1.82) is 0 Å². The number of aromatic nitrogens is 2. The lowest BCUT2D eigenvalue weighted by molar-refractivity contribution is 0.0696. The fraction of sp³-hybridized carbons (Fsp3) is 0.348. The molecule has 3 N–H and O–H groups in total. The molecule has 1 fully saturated rings. The summed E-state index contributed by atoms with van der Waals surface area (Å²) in [5, 5.41) is 24.9. The summed E-state index contributed by atoms with van der Waals surface area (Å²) in [5.41, 5.74) is 2.55. The minimum absolute atomic E-state index is 0.149. The molecule has 1 aliphatic heterocycles. The van der Waals surface area contributed by atoms with Crippen LogP contribution in [-0.4, -0.2) is 44.7 Å². The normalized spacial score (nSPS) is 14.9. The van der Waals surface area contributed by atoms with E-state index in [2.05, 4.69) is 10.2 Å². The van der Waals surface area contributed by atoms with Gasteiger partial charge in [0.05, 0.1) is 23.9 Å². The molecule has 1 amide bonds. The molecule has 0 spiro atoms. The molecule has 1 unspecified atom stereocenters. The van der Waals surface area contributed by atoms with Gasteiger partial charge >= 0.3 is 5.97 Å². The van der Waals surface area contributed by atoms with Gasteiger partial charge in [0, 0.05) is 30.4 Å².